The van der Waals surface area contributed by atoms with Crippen molar-refractivity contribution in [2.45, 2.75) is 31.6 Å². The van der Waals surface area contributed by atoms with E-state index in [9.17, 15) is 13.2 Å². The van der Waals surface area contributed by atoms with E-state index < -0.39 is 10.0 Å². The number of benzene rings is 3. The number of carbonyl (C=O) groups is 1. The summed E-state index contributed by atoms with van der Waals surface area (Å²) in [6.07, 6.45) is 5.08. The lowest BCUT2D eigenvalue weighted by atomic mass is 9.88. The van der Waals surface area contributed by atoms with E-state index in [1.165, 1.54) is 22.5 Å². The molecule has 1 aromatic heterocycles. The molecule has 4 aromatic rings. The van der Waals surface area contributed by atoms with Gasteiger partial charge in [0.05, 0.1) is 6.26 Å². The van der Waals surface area contributed by atoms with E-state index in [1.807, 2.05) is 17.0 Å². The molecule has 5 rings (SSSR count). The van der Waals surface area contributed by atoms with Gasteiger partial charge in [-0.25, -0.2) is 18.2 Å². The molecule has 0 atom stereocenters. The first-order valence-corrected chi connectivity index (χ1v) is 17.9. The van der Waals surface area contributed by atoms with Crippen molar-refractivity contribution < 1.29 is 13.2 Å². The molecule has 8 nitrogen and oxygen atoms in total. The van der Waals surface area contributed by atoms with Crippen molar-refractivity contribution in [2.75, 3.05) is 42.5 Å². The average Bonchev–Trinajstić information content (AvgIpc) is 3.39. The Hall–Kier alpha value is -3.44. The fourth-order valence-electron chi connectivity index (χ4n) is 5.62. The SMILES string of the molecule is CS(=O)(=O)Nc1ccc(-c2nc(NC(=O)N(CCC3CCNCC3)CCC(c3ccccc3)c3ccccc3)sc2Cl)cc1. The lowest BCUT2D eigenvalue weighted by Gasteiger charge is -2.29. The number of anilines is 2. The smallest absolute Gasteiger partial charge is 0.323 e. The Kier molecular flexibility index (Phi) is 10.9. The van der Waals surface area contributed by atoms with Crippen LogP contribution < -0.4 is 15.4 Å². The summed E-state index contributed by atoms with van der Waals surface area (Å²) in [6, 6.07) is 27.5. The van der Waals surface area contributed by atoms with Crippen LogP contribution in [0.5, 0.6) is 0 Å². The number of hydrogen-bond donors (Lipinski definition) is 3. The molecule has 44 heavy (non-hydrogen) atoms. The summed E-state index contributed by atoms with van der Waals surface area (Å²) >= 11 is 7.77. The highest BCUT2D eigenvalue weighted by atomic mass is 35.5. The third-order valence-corrected chi connectivity index (χ3v) is 9.68. The molecule has 0 bridgehead atoms. The van der Waals surface area contributed by atoms with E-state index >= 15 is 0 Å². The number of carbonyl (C=O) groups excluding carboxylic acids is 1. The maximum absolute atomic E-state index is 13.8. The molecule has 3 N–H and O–H groups in total. The van der Waals surface area contributed by atoms with Gasteiger partial charge in [-0.05, 0) is 68.0 Å². The lowest BCUT2D eigenvalue weighted by molar-refractivity contribution is 0.202. The van der Waals surface area contributed by atoms with Gasteiger partial charge in [0.25, 0.3) is 0 Å². The second-order valence-corrected chi connectivity index (χ2v) is 14.5. The van der Waals surface area contributed by atoms with Gasteiger partial charge in [-0.2, -0.15) is 0 Å². The maximum atomic E-state index is 13.8. The van der Waals surface area contributed by atoms with Gasteiger partial charge in [0.1, 0.15) is 10.0 Å². The Morgan fingerprint density at radius 3 is 2.18 bits per heavy atom. The summed E-state index contributed by atoms with van der Waals surface area (Å²) in [5.41, 5.74) is 4.16. The molecule has 1 aliphatic heterocycles. The Labute approximate surface area is 268 Å². The molecule has 2 amide bonds. The summed E-state index contributed by atoms with van der Waals surface area (Å²) in [5, 5.41) is 6.86. The van der Waals surface area contributed by atoms with Gasteiger partial charge in [-0.1, -0.05) is 95.7 Å². The van der Waals surface area contributed by atoms with Crippen molar-refractivity contribution in [1.82, 2.24) is 15.2 Å². The molecule has 1 saturated heterocycles. The Balaban J connectivity index is 1.31. The predicted molar refractivity (Wildman–Crippen MR) is 181 cm³/mol. The van der Waals surface area contributed by atoms with Gasteiger partial charge in [0.15, 0.2) is 5.13 Å². The minimum absolute atomic E-state index is 0.160. The molecular formula is C33H38ClN5O3S2. The average molecular weight is 652 g/mol. The van der Waals surface area contributed by atoms with Crippen molar-refractivity contribution in [3.63, 3.8) is 0 Å². The molecule has 11 heteroatoms. The lowest BCUT2D eigenvalue weighted by Crippen LogP contribution is -2.38. The molecule has 1 fully saturated rings. The predicted octanol–water partition coefficient (Wildman–Crippen LogP) is 7.28. The minimum atomic E-state index is -3.38. The highest BCUT2D eigenvalue weighted by Crippen LogP contribution is 2.36. The van der Waals surface area contributed by atoms with Crippen LogP contribution in [0, 0.1) is 5.92 Å². The molecule has 3 aromatic carbocycles. The topological polar surface area (TPSA) is 103 Å². The van der Waals surface area contributed by atoms with Crippen LogP contribution in [-0.2, 0) is 10.0 Å². The number of aromatic nitrogens is 1. The molecule has 0 spiro atoms. The minimum Gasteiger partial charge on any atom is -0.324 e. The number of rotatable bonds is 12. The van der Waals surface area contributed by atoms with Gasteiger partial charge in [-0.15, -0.1) is 0 Å². The number of urea groups is 1. The molecule has 1 aliphatic rings. The first-order chi connectivity index (χ1) is 21.2. The zero-order valence-electron chi connectivity index (χ0n) is 24.7. The van der Waals surface area contributed by atoms with Crippen LogP contribution in [0.2, 0.25) is 4.34 Å². The van der Waals surface area contributed by atoms with E-state index in [0.717, 1.165) is 50.6 Å². The van der Waals surface area contributed by atoms with Crippen LogP contribution >= 0.6 is 22.9 Å². The van der Waals surface area contributed by atoms with Gasteiger partial charge >= 0.3 is 6.03 Å². The van der Waals surface area contributed by atoms with Crippen LogP contribution in [0.1, 0.15) is 42.7 Å². The summed E-state index contributed by atoms with van der Waals surface area (Å²) in [4.78, 5) is 20.3. The van der Waals surface area contributed by atoms with Gasteiger partial charge in [0.2, 0.25) is 10.0 Å². The number of thiazole rings is 1. The highest BCUT2D eigenvalue weighted by Gasteiger charge is 2.23. The number of piperidine rings is 1. The summed E-state index contributed by atoms with van der Waals surface area (Å²) in [6.45, 7) is 3.29. The molecule has 0 radical (unpaired) electrons. The van der Waals surface area contributed by atoms with Crippen molar-refractivity contribution in [1.29, 1.82) is 0 Å². The third kappa shape index (κ3) is 9.04. The van der Waals surface area contributed by atoms with Gasteiger partial charge < -0.3 is 10.2 Å². The molecular weight excluding hydrogens is 614 g/mol. The van der Waals surface area contributed by atoms with Crippen LogP contribution in [0.4, 0.5) is 15.6 Å². The highest BCUT2D eigenvalue weighted by molar-refractivity contribution is 7.92. The van der Waals surface area contributed by atoms with Gasteiger partial charge in [-0.3, -0.25) is 10.0 Å². The Morgan fingerprint density at radius 1 is 0.977 bits per heavy atom. The molecule has 0 unspecified atom stereocenters. The van der Waals surface area contributed by atoms with E-state index in [1.54, 1.807) is 24.3 Å². The summed E-state index contributed by atoms with van der Waals surface area (Å²) in [5.74, 6) is 0.749. The summed E-state index contributed by atoms with van der Waals surface area (Å²) < 4.78 is 26.0. The quantitative estimate of drug-likeness (QED) is 0.149. The molecule has 2 heterocycles. The maximum Gasteiger partial charge on any atom is 0.323 e. The molecule has 0 aliphatic carbocycles. The van der Waals surface area contributed by atoms with Crippen molar-refractivity contribution in [3.8, 4) is 11.3 Å². The van der Waals surface area contributed by atoms with Crippen LogP contribution in [0.25, 0.3) is 11.3 Å². The standard InChI is InChI=1S/C33H38ClN5O3S2/c1-44(41,42)38-28-14-12-27(13-15-28)30-31(34)43-32(36-30)37-33(40)39(22-18-24-16-20-35-21-17-24)23-19-29(25-8-4-2-5-9-25)26-10-6-3-7-11-26/h2-15,24,29,35,38H,16-23H2,1H3,(H,36,37,40). The van der Waals surface area contributed by atoms with Crippen molar-refractivity contribution >= 4 is 49.8 Å². The first kappa shape index (κ1) is 32.0. The van der Waals surface area contributed by atoms with E-state index in [4.69, 9.17) is 11.6 Å². The van der Waals surface area contributed by atoms with E-state index in [-0.39, 0.29) is 11.9 Å². The van der Waals surface area contributed by atoms with Crippen LogP contribution in [-0.4, -0.2) is 56.8 Å². The number of sulfonamides is 1. The Morgan fingerprint density at radius 2 is 1.59 bits per heavy atom. The van der Waals surface area contributed by atoms with E-state index in [2.05, 4.69) is 68.9 Å². The van der Waals surface area contributed by atoms with E-state index in [0.29, 0.717) is 39.9 Å². The van der Waals surface area contributed by atoms with Crippen molar-refractivity contribution in [3.05, 3.63) is 100 Å². The monoisotopic (exact) mass is 651 g/mol. The molecule has 0 saturated carbocycles. The number of hydrogen-bond acceptors (Lipinski definition) is 6. The van der Waals surface area contributed by atoms with Crippen molar-refractivity contribution in [2.24, 2.45) is 5.92 Å². The number of nitrogens with zero attached hydrogens (tertiary/aromatic N) is 2. The zero-order valence-corrected chi connectivity index (χ0v) is 27.1. The van der Waals surface area contributed by atoms with Crippen LogP contribution in [0.15, 0.2) is 84.9 Å². The zero-order chi connectivity index (χ0) is 30.9. The summed E-state index contributed by atoms with van der Waals surface area (Å²) in [7, 11) is -3.38. The largest absolute Gasteiger partial charge is 0.324 e. The third-order valence-electron chi connectivity index (χ3n) is 7.91. The second-order valence-electron chi connectivity index (χ2n) is 11.2. The fourth-order valence-corrected chi connectivity index (χ4v) is 7.26. The number of nitrogens with one attached hydrogen (secondary N) is 3. The number of amides is 2. The van der Waals surface area contributed by atoms with Gasteiger partial charge in [0, 0.05) is 30.3 Å². The fraction of sp³-hybridized carbons (Fsp3) is 0.333. The number of halogens is 1. The second kappa shape index (κ2) is 15.0. The Bertz CT molecular complexity index is 1570. The first-order valence-electron chi connectivity index (χ1n) is 14.9. The normalized spacial score (nSPS) is 14.0. The molecule has 232 valence electrons. The van der Waals surface area contributed by atoms with Crippen LogP contribution in [0.3, 0.4) is 0 Å².